The highest BCUT2D eigenvalue weighted by Gasteiger charge is 2.30. The molecule has 0 N–H and O–H groups in total. The summed E-state index contributed by atoms with van der Waals surface area (Å²) in [6, 6.07) is 7.75. The zero-order valence-corrected chi connectivity index (χ0v) is 11.5. The molecule has 19 heavy (non-hydrogen) atoms. The third-order valence-corrected chi connectivity index (χ3v) is 3.64. The van der Waals surface area contributed by atoms with Crippen LogP contribution in [-0.2, 0) is 6.18 Å². The van der Waals surface area contributed by atoms with Gasteiger partial charge >= 0.3 is 6.18 Å². The van der Waals surface area contributed by atoms with Crippen LogP contribution in [0.25, 0.3) is 11.1 Å². The standard InChI is InChI=1S/C13H6Cl3F3/c14-9-4-5-10(15)12(16)11(9)7-2-1-3-8(6-7)13(17,18)19/h1-6H. The minimum Gasteiger partial charge on any atom is -0.166 e. The van der Waals surface area contributed by atoms with Crippen molar-refractivity contribution >= 4 is 34.8 Å². The molecule has 100 valence electrons. The van der Waals surface area contributed by atoms with Crippen molar-refractivity contribution in [1.29, 1.82) is 0 Å². The Balaban J connectivity index is 2.64. The van der Waals surface area contributed by atoms with Crippen LogP contribution in [0.4, 0.5) is 13.2 Å². The minimum absolute atomic E-state index is 0.133. The summed E-state index contributed by atoms with van der Waals surface area (Å²) in [7, 11) is 0. The first kappa shape index (κ1) is 14.5. The summed E-state index contributed by atoms with van der Waals surface area (Å²) in [6.45, 7) is 0. The van der Waals surface area contributed by atoms with Crippen LogP contribution in [0.3, 0.4) is 0 Å². The van der Waals surface area contributed by atoms with Crippen LogP contribution in [0.15, 0.2) is 36.4 Å². The van der Waals surface area contributed by atoms with Gasteiger partial charge in [0.15, 0.2) is 0 Å². The number of benzene rings is 2. The molecule has 2 aromatic carbocycles. The molecule has 0 aliphatic rings. The van der Waals surface area contributed by atoms with Gasteiger partial charge in [-0.05, 0) is 29.8 Å². The van der Waals surface area contributed by atoms with Crippen molar-refractivity contribution in [3.8, 4) is 11.1 Å². The second-order valence-corrected chi connectivity index (χ2v) is 4.99. The fourth-order valence-electron chi connectivity index (χ4n) is 1.64. The predicted molar refractivity (Wildman–Crippen MR) is 71.9 cm³/mol. The van der Waals surface area contributed by atoms with Crippen molar-refractivity contribution in [1.82, 2.24) is 0 Å². The molecular formula is C13H6Cl3F3. The van der Waals surface area contributed by atoms with E-state index < -0.39 is 11.7 Å². The molecule has 0 aliphatic carbocycles. The lowest BCUT2D eigenvalue weighted by molar-refractivity contribution is -0.137. The van der Waals surface area contributed by atoms with Gasteiger partial charge in [0.1, 0.15) is 0 Å². The fraction of sp³-hybridized carbons (Fsp3) is 0.0769. The molecule has 0 bridgehead atoms. The first-order chi connectivity index (χ1) is 8.80. The molecule has 0 atom stereocenters. The Kier molecular flexibility index (Phi) is 4.00. The summed E-state index contributed by atoms with van der Waals surface area (Å²) in [5, 5.41) is 0.612. The summed E-state index contributed by atoms with van der Waals surface area (Å²) >= 11 is 17.8. The molecule has 0 saturated carbocycles. The predicted octanol–water partition coefficient (Wildman–Crippen LogP) is 6.33. The molecule has 0 heterocycles. The maximum Gasteiger partial charge on any atom is 0.416 e. The average molecular weight is 326 g/mol. The van der Waals surface area contributed by atoms with Gasteiger partial charge in [0.25, 0.3) is 0 Å². The zero-order valence-electron chi connectivity index (χ0n) is 9.23. The summed E-state index contributed by atoms with van der Waals surface area (Å²) in [5.74, 6) is 0. The average Bonchev–Trinajstić information content (AvgIpc) is 2.34. The van der Waals surface area contributed by atoms with Crippen LogP contribution in [0.2, 0.25) is 15.1 Å². The lowest BCUT2D eigenvalue weighted by Gasteiger charge is -2.12. The Morgan fingerprint density at radius 1 is 0.842 bits per heavy atom. The Hall–Kier alpha value is -0.900. The van der Waals surface area contributed by atoms with E-state index in [1.54, 1.807) is 0 Å². The first-order valence-corrected chi connectivity index (χ1v) is 6.25. The molecule has 0 aliphatic heterocycles. The minimum atomic E-state index is -4.42. The molecule has 0 spiro atoms. The van der Waals surface area contributed by atoms with Gasteiger partial charge in [0.05, 0.1) is 15.6 Å². The van der Waals surface area contributed by atoms with E-state index in [1.165, 1.54) is 24.3 Å². The molecule has 0 saturated heterocycles. The van der Waals surface area contributed by atoms with Crippen LogP contribution in [0.5, 0.6) is 0 Å². The van der Waals surface area contributed by atoms with Crippen molar-refractivity contribution < 1.29 is 13.2 Å². The van der Waals surface area contributed by atoms with Gasteiger partial charge in [-0.25, -0.2) is 0 Å². The first-order valence-electron chi connectivity index (χ1n) is 5.12. The number of rotatable bonds is 1. The maximum absolute atomic E-state index is 12.7. The fourth-order valence-corrected chi connectivity index (χ4v) is 2.39. The van der Waals surface area contributed by atoms with Gasteiger partial charge in [0.2, 0.25) is 0 Å². The highest BCUT2D eigenvalue weighted by atomic mass is 35.5. The van der Waals surface area contributed by atoms with E-state index in [1.807, 2.05) is 0 Å². The molecule has 2 rings (SSSR count). The molecule has 0 fully saturated rings. The lowest BCUT2D eigenvalue weighted by atomic mass is 10.0. The molecule has 0 amide bonds. The molecule has 0 unspecified atom stereocenters. The maximum atomic E-state index is 12.7. The van der Waals surface area contributed by atoms with Crippen LogP contribution in [0.1, 0.15) is 5.56 Å². The molecule has 0 nitrogen and oxygen atoms in total. The van der Waals surface area contributed by atoms with Gasteiger partial charge in [-0.2, -0.15) is 13.2 Å². The van der Waals surface area contributed by atoms with Crippen molar-refractivity contribution in [2.75, 3.05) is 0 Å². The number of halogens is 6. The Morgan fingerprint density at radius 3 is 2.11 bits per heavy atom. The Labute approximate surface area is 122 Å². The normalized spacial score (nSPS) is 11.7. The van der Waals surface area contributed by atoms with Crippen molar-refractivity contribution in [3.63, 3.8) is 0 Å². The van der Waals surface area contributed by atoms with E-state index in [-0.39, 0.29) is 20.6 Å². The van der Waals surface area contributed by atoms with Gasteiger partial charge < -0.3 is 0 Å². The van der Waals surface area contributed by atoms with Crippen molar-refractivity contribution in [2.24, 2.45) is 0 Å². The molecule has 0 radical (unpaired) electrons. The number of hydrogen-bond donors (Lipinski definition) is 0. The topological polar surface area (TPSA) is 0 Å². The van der Waals surface area contributed by atoms with Crippen LogP contribution < -0.4 is 0 Å². The van der Waals surface area contributed by atoms with Gasteiger partial charge in [0, 0.05) is 10.6 Å². The largest absolute Gasteiger partial charge is 0.416 e. The summed E-state index contributed by atoms with van der Waals surface area (Å²) < 4.78 is 38.0. The van der Waals surface area contributed by atoms with Crippen LogP contribution in [0, 0.1) is 0 Å². The highest BCUT2D eigenvalue weighted by Crippen LogP contribution is 2.40. The Morgan fingerprint density at radius 2 is 1.47 bits per heavy atom. The lowest BCUT2D eigenvalue weighted by Crippen LogP contribution is -2.04. The summed E-state index contributed by atoms with van der Waals surface area (Å²) in [5.41, 5.74) is -0.202. The SMILES string of the molecule is FC(F)(F)c1cccc(-c2c(Cl)ccc(Cl)c2Cl)c1. The second-order valence-electron chi connectivity index (χ2n) is 3.80. The summed E-state index contributed by atoms with van der Waals surface area (Å²) in [6.07, 6.45) is -4.42. The van der Waals surface area contributed by atoms with E-state index in [0.717, 1.165) is 12.1 Å². The monoisotopic (exact) mass is 324 g/mol. The highest BCUT2D eigenvalue weighted by molar-refractivity contribution is 6.46. The second kappa shape index (κ2) is 5.23. The zero-order chi connectivity index (χ0) is 14.2. The third kappa shape index (κ3) is 2.99. The number of hydrogen-bond acceptors (Lipinski definition) is 0. The van der Waals surface area contributed by atoms with E-state index in [4.69, 9.17) is 34.8 Å². The van der Waals surface area contributed by atoms with Gasteiger partial charge in [-0.3, -0.25) is 0 Å². The molecule has 6 heteroatoms. The molecule has 2 aromatic rings. The van der Waals surface area contributed by atoms with E-state index in [2.05, 4.69) is 0 Å². The van der Waals surface area contributed by atoms with Crippen LogP contribution in [-0.4, -0.2) is 0 Å². The van der Waals surface area contributed by atoms with Crippen molar-refractivity contribution in [2.45, 2.75) is 6.18 Å². The van der Waals surface area contributed by atoms with E-state index in [9.17, 15) is 13.2 Å². The smallest absolute Gasteiger partial charge is 0.166 e. The van der Waals surface area contributed by atoms with Gasteiger partial charge in [-0.15, -0.1) is 0 Å². The van der Waals surface area contributed by atoms with E-state index >= 15 is 0 Å². The van der Waals surface area contributed by atoms with E-state index in [0.29, 0.717) is 5.56 Å². The van der Waals surface area contributed by atoms with Crippen LogP contribution >= 0.6 is 34.8 Å². The molecular weight excluding hydrogens is 319 g/mol. The Bertz CT molecular complexity index is 621. The third-order valence-electron chi connectivity index (χ3n) is 2.52. The van der Waals surface area contributed by atoms with Crippen molar-refractivity contribution in [3.05, 3.63) is 57.0 Å². The van der Waals surface area contributed by atoms with Gasteiger partial charge in [-0.1, -0.05) is 46.9 Å². The summed E-state index contributed by atoms with van der Waals surface area (Å²) in [4.78, 5) is 0. The quantitative estimate of drug-likeness (QED) is 0.537. The number of alkyl halides is 3. The molecule has 0 aromatic heterocycles.